The van der Waals surface area contributed by atoms with Crippen molar-refractivity contribution in [3.8, 4) is 11.1 Å². The third kappa shape index (κ3) is 6.42. The van der Waals surface area contributed by atoms with Crippen LogP contribution >= 0.6 is 0 Å². The van der Waals surface area contributed by atoms with Crippen molar-refractivity contribution in [2.45, 2.75) is 69.8 Å². The smallest absolute Gasteiger partial charge is 0.184 e. The molecule has 1 aliphatic heterocycles. The summed E-state index contributed by atoms with van der Waals surface area (Å²) in [5.41, 5.74) is 12.3. The Morgan fingerprint density at radius 3 is 2.32 bits per heavy atom. The molecule has 1 saturated carbocycles. The number of hydrogen-bond donors (Lipinski definition) is 2. The molecule has 2 aliphatic rings. The second-order valence-electron chi connectivity index (χ2n) is 10.6. The number of aliphatic hydroxyl groups is 1. The van der Waals surface area contributed by atoms with Gasteiger partial charge in [-0.2, -0.15) is 0 Å². The molecule has 0 aromatic heterocycles. The number of ether oxygens (including phenoxy) is 2. The van der Waals surface area contributed by atoms with Gasteiger partial charge in [-0.1, -0.05) is 85.6 Å². The van der Waals surface area contributed by atoms with Crippen LogP contribution in [0.25, 0.3) is 11.1 Å². The van der Waals surface area contributed by atoms with E-state index in [1.807, 2.05) is 18.2 Å². The van der Waals surface area contributed by atoms with Crippen LogP contribution in [0.4, 0.5) is 0 Å². The molecule has 0 unspecified atom stereocenters. The van der Waals surface area contributed by atoms with E-state index in [1.54, 1.807) is 0 Å². The van der Waals surface area contributed by atoms with Gasteiger partial charge in [0, 0.05) is 37.7 Å². The van der Waals surface area contributed by atoms with Crippen molar-refractivity contribution in [2.75, 3.05) is 13.1 Å². The molecule has 3 N–H and O–H groups in total. The Kier molecular flexibility index (Phi) is 9.05. The molecule has 0 spiro atoms. The highest BCUT2D eigenvalue weighted by Gasteiger charge is 2.34. The second-order valence-corrected chi connectivity index (χ2v) is 10.6. The van der Waals surface area contributed by atoms with Crippen LogP contribution in [0, 0.1) is 0 Å². The van der Waals surface area contributed by atoms with E-state index in [-0.39, 0.29) is 18.8 Å². The number of nitrogens with zero attached hydrogens (tertiary/aromatic N) is 1. The maximum absolute atomic E-state index is 9.49. The van der Waals surface area contributed by atoms with Gasteiger partial charge in [0.05, 0.1) is 18.8 Å². The highest BCUT2D eigenvalue weighted by molar-refractivity contribution is 5.64. The lowest BCUT2D eigenvalue weighted by molar-refractivity contribution is -0.253. The maximum Gasteiger partial charge on any atom is 0.184 e. The second kappa shape index (κ2) is 12.8. The zero-order valence-corrected chi connectivity index (χ0v) is 22.2. The summed E-state index contributed by atoms with van der Waals surface area (Å²) in [6, 6.07) is 25.5. The Bertz CT molecular complexity index is 1170. The zero-order chi connectivity index (χ0) is 26.3. The van der Waals surface area contributed by atoms with Gasteiger partial charge in [0.2, 0.25) is 0 Å². The van der Waals surface area contributed by atoms with E-state index < -0.39 is 6.29 Å². The summed E-state index contributed by atoms with van der Waals surface area (Å²) in [5.74, 6) is 0. The molecule has 3 aromatic rings. The van der Waals surface area contributed by atoms with Crippen LogP contribution in [0.15, 0.2) is 85.5 Å². The summed E-state index contributed by atoms with van der Waals surface area (Å²) in [4.78, 5) is 2.55. The first-order valence-corrected chi connectivity index (χ1v) is 13.9. The molecule has 5 heteroatoms. The van der Waals surface area contributed by atoms with Crippen LogP contribution in [-0.4, -0.2) is 35.2 Å². The van der Waals surface area contributed by atoms with Crippen molar-refractivity contribution in [3.05, 3.63) is 108 Å². The SMILES string of the molecule is C=CCN(C[C@H]1C[C@@H](c2ccc(CO)cc2)O[C@@H](c2ccc(-c3cccc(CN)c3)cc2)O1)C1CCCC1. The number of aliphatic hydroxyl groups excluding tert-OH is 1. The number of rotatable bonds is 10. The maximum atomic E-state index is 9.49. The lowest BCUT2D eigenvalue weighted by atomic mass is 9.98. The molecule has 3 aromatic carbocycles. The molecule has 3 atom stereocenters. The van der Waals surface area contributed by atoms with Crippen molar-refractivity contribution >= 4 is 0 Å². The summed E-state index contributed by atoms with van der Waals surface area (Å²) in [5, 5.41) is 9.49. The molecule has 1 saturated heterocycles. The summed E-state index contributed by atoms with van der Waals surface area (Å²) < 4.78 is 13.2. The minimum absolute atomic E-state index is 0.0396. The van der Waals surface area contributed by atoms with Crippen molar-refractivity contribution in [3.63, 3.8) is 0 Å². The molecular weight excluding hydrogens is 472 g/mol. The Morgan fingerprint density at radius 2 is 1.63 bits per heavy atom. The van der Waals surface area contributed by atoms with E-state index in [0.29, 0.717) is 12.6 Å². The Balaban J connectivity index is 1.38. The fourth-order valence-corrected chi connectivity index (χ4v) is 5.81. The topological polar surface area (TPSA) is 68.0 Å². The molecule has 5 rings (SSSR count). The molecule has 0 bridgehead atoms. The van der Waals surface area contributed by atoms with E-state index in [4.69, 9.17) is 15.2 Å². The first-order valence-electron chi connectivity index (χ1n) is 13.9. The predicted molar refractivity (Wildman–Crippen MR) is 152 cm³/mol. The molecule has 1 heterocycles. The first-order chi connectivity index (χ1) is 18.7. The lowest BCUT2D eigenvalue weighted by Crippen LogP contribution is -2.43. The molecule has 38 heavy (non-hydrogen) atoms. The average Bonchev–Trinajstić information content (AvgIpc) is 3.52. The van der Waals surface area contributed by atoms with Gasteiger partial charge in [0.1, 0.15) is 0 Å². The van der Waals surface area contributed by atoms with E-state index in [2.05, 4.69) is 72.1 Å². The number of nitrogens with two attached hydrogens (primary N) is 1. The summed E-state index contributed by atoms with van der Waals surface area (Å²) in [6.45, 7) is 6.33. The van der Waals surface area contributed by atoms with Crippen molar-refractivity contribution in [2.24, 2.45) is 5.73 Å². The third-order valence-corrected chi connectivity index (χ3v) is 7.94. The quantitative estimate of drug-likeness (QED) is 0.313. The molecule has 0 amide bonds. The zero-order valence-electron chi connectivity index (χ0n) is 22.2. The Labute approximate surface area is 226 Å². The fraction of sp³-hybridized carbons (Fsp3) is 0.394. The Morgan fingerprint density at radius 1 is 0.895 bits per heavy atom. The van der Waals surface area contributed by atoms with Crippen LogP contribution in [0.1, 0.15) is 66.8 Å². The van der Waals surface area contributed by atoms with Crippen LogP contribution in [-0.2, 0) is 22.6 Å². The van der Waals surface area contributed by atoms with E-state index in [0.717, 1.165) is 52.9 Å². The van der Waals surface area contributed by atoms with E-state index >= 15 is 0 Å². The number of hydrogen-bond acceptors (Lipinski definition) is 5. The molecule has 5 nitrogen and oxygen atoms in total. The number of benzene rings is 3. The van der Waals surface area contributed by atoms with Crippen LogP contribution in [0.3, 0.4) is 0 Å². The van der Waals surface area contributed by atoms with Gasteiger partial charge < -0.3 is 20.3 Å². The molecule has 2 fully saturated rings. The predicted octanol–water partition coefficient (Wildman–Crippen LogP) is 6.28. The van der Waals surface area contributed by atoms with Gasteiger partial charge in [-0.15, -0.1) is 6.58 Å². The van der Waals surface area contributed by atoms with Gasteiger partial charge in [0.25, 0.3) is 0 Å². The van der Waals surface area contributed by atoms with Crippen molar-refractivity contribution in [1.82, 2.24) is 4.90 Å². The largest absolute Gasteiger partial charge is 0.392 e. The lowest BCUT2D eigenvalue weighted by Gasteiger charge is -2.39. The van der Waals surface area contributed by atoms with Gasteiger partial charge in [-0.3, -0.25) is 4.90 Å². The van der Waals surface area contributed by atoms with Crippen LogP contribution < -0.4 is 5.73 Å². The van der Waals surface area contributed by atoms with Crippen LogP contribution in [0.5, 0.6) is 0 Å². The standard InChI is InChI=1S/C33H40N2O3/c1-2-18-35(30-8-3-4-9-30)22-31-20-32(27-12-10-24(23-36)11-13-27)38-33(37-31)28-16-14-26(15-17-28)29-7-5-6-25(19-29)21-34/h2,5-7,10-17,19,30-33,36H,1,3-4,8-9,18,20-23,34H2/t31-,32+,33+/m1/s1. The molecular formula is C33H40N2O3. The summed E-state index contributed by atoms with van der Waals surface area (Å²) >= 11 is 0. The first kappa shape index (κ1) is 26.8. The minimum Gasteiger partial charge on any atom is -0.392 e. The van der Waals surface area contributed by atoms with Crippen molar-refractivity contribution < 1.29 is 14.6 Å². The third-order valence-electron chi connectivity index (χ3n) is 7.94. The van der Waals surface area contributed by atoms with Gasteiger partial charge >= 0.3 is 0 Å². The van der Waals surface area contributed by atoms with E-state index in [9.17, 15) is 5.11 Å². The van der Waals surface area contributed by atoms with E-state index in [1.165, 1.54) is 25.7 Å². The average molecular weight is 513 g/mol. The minimum atomic E-state index is -0.449. The normalized spacial score (nSPS) is 22.1. The Hall–Kier alpha value is -2.80. The van der Waals surface area contributed by atoms with Gasteiger partial charge in [-0.05, 0) is 46.7 Å². The van der Waals surface area contributed by atoms with Gasteiger partial charge in [-0.25, -0.2) is 0 Å². The van der Waals surface area contributed by atoms with Crippen LogP contribution in [0.2, 0.25) is 0 Å². The summed E-state index contributed by atoms with van der Waals surface area (Å²) in [7, 11) is 0. The monoisotopic (exact) mass is 512 g/mol. The molecule has 200 valence electrons. The van der Waals surface area contributed by atoms with Gasteiger partial charge in [0.15, 0.2) is 6.29 Å². The van der Waals surface area contributed by atoms with Crippen molar-refractivity contribution in [1.29, 1.82) is 0 Å². The highest BCUT2D eigenvalue weighted by atomic mass is 16.7. The summed E-state index contributed by atoms with van der Waals surface area (Å²) in [6.07, 6.45) is 7.41. The molecule has 1 aliphatic carbocycles. The molecule has 0 radical (unpaired) electrons. The fourth-order valence-electron chi connectivity index (χ4n) is 5.81. The highest BCUT2D eigenvalue weighted by Crippen LogP contribution is 2.39.